The summed E-state index contributed by atoms with van der Waals surface area (Å²) < 4.78 is 12.3. The summed E-state index contributed by atoms with van der Waals surface area (Å²) in [4.78, 5) is 52.4. The first-order valence-electron chi connectivity index (χ1n) is 15.9. The van der Waals surface area contributed by atoms with Crippen LogP contribution in [0, 0.1) is 34.6 Å². The summed E-state index contributed by atoms with van der Waals surface area (Å²) in [5, 5.41) is 23.1. The molecule has 12 heteroatoms. The summed E-state index contributed by atoms with van der Waals surface area (Å²) in [6, 6.07) is 16.8. The Balaban J connectivity index is 1.53. The standard InChI is InChI=1S/C37H36IN3O8/c1-36(2)16-26-33(28(42)18-36)32(34-27(17-37(3,4)19-29(34)43)39(26)20-21-9-7-6-8-10-21)22-13-24(38)35(31(14-22)48-5)49-30-12-11-23(40(44)45)15-25(30)41(46)47/h6-15,32H,16-20H2,1-5H3. The van der Waals surface area contributed by atoms with Gasteiger partial charge in [-0.1, -0.05) is 58.0 Å². The normalized spacial score (nSPS) is 18.6. The molecular weight excluding hydrogens is 741 g/mol. The number of ether oxygens (including phenoxy) is 2. The van der Waals surface area contributed by atoms with Gasteiger partial charge in [-0.25, -0.2) is 0 Å². The van der Waals surface area contributed by atoms with Crippen molar-refractivity contribution < 1.29 is 28.9 Å². The second-order valence-electron chi connectivity index (χ2n) is 14.4. The third-order valence-corrected chi connectivity index (χ3v) is 10.2. The summed E-state index contributed by atoms with van der Waals surface area (Å²) in [6.45, 7) is 8.92. The number of nitro groups is 2. The van der Waals surface area contributed by atoms with E-state index in [1.54, 1.807) is 6.07 Å². The quantitative estimate of drug-likeness (QED) is 0.125. The first-order valence-corrected chi connectivity index (χ1v) is 17.0. The van der Waals surface area contributed by atoms with Crippen LogP contribution in [0.3, 0.4) is 0 Å². The van der Waals surface area contributed by atoms with E-state index >= 15 is 0 Å². The van der Waals surface area contributed by atoms with Crippen LogP contribution in [0.4, 0.5) is 11.4 Å². The fourth-order valence-corrected chi connectivity index (χ4v) is 8.04. The number of Topliss-reactive ketones (excluding diaryl/α,β-unsaturated/α-hetero) is 2. The van der Waals surface area contributed by atoms with E-state index in [9.17, 15) is 29.8 Å². The van der Waals surface area contributed by atoms with Gasteiger partial charge < -0.3 is 14.4 Å². The van der Waals surface area contributed by atoms with Crippen molar-refractivity contribution >= 4 is 45.5 Å². The number of nitrogens with zero attached hydrogens (tertiary/aromatic N) is 3. The van der Waals surface area contributed by atoms with E-state index in [0.29, 0.717) is 52.5 Å². The fraction of sp³-hybridized carbons (Fsp3) is 0.351. The van der Waals surface area contributed by atoms with Crippen LogP contribution < -0.4 is 9.47 Å². The number of nitro benzene ring substituents is 2. The zero-order chi connectivity index (χ0) is 35.4. The number of hydrogen-bond donors (Lipinski definition) is 0. The number of hydrogen-bond acceptors (Lipinski definition) is 9. The van der Waals surface area contributed by atoms with Crippen LogP contribution in [-0.4, -0.2) is 33.4 Å². The molecule has 3 aromatic rings. The number of allylic oxidation sites excluding steroid dienone is 4. The summed E-state index contributed by atoms with van der Waals surface area (Å²) in [7, 11) is 1.44. The Morgan fingerprint density at radius 1 is 0.816 bits per heavy atom. The maximum Gasteiger partial charge on any atom is 0.318 e. The van der Waals surface area contributed by atoms with Gasteiger partial charge in [-0.3, -0.25) is 29.8 Å². The second kappa shape index (κ2) is 12.7. The predicted molar refractivity (Wildman–Crippen MR) is 190 cm³/mol. The van der Waals surface area contributed by atoms with Crippen LogP contribution in [-0.2, 0) is 16.1 Å². The molecule has 0 fully saturated rings. The number of carbonyl (C=O) groups excluding carboxylic acids is 2. The Morgan fingerprint density at radius 3 is 1.94 bits per heavy atom. The van der Waals surface area contributed by atoms with Crippen molar-refractivity contribution in [3.8, 4) is 17.2 Å². The van der Waals surface area contributed by atoms with Crippen molar-refractivity contribution in [2.24, 2.45) is 10.8 Å². The average molecular weight is 778 g/mol. The van der Waals surface area contributed by atoms with Crippen molar-refractivity contribution in [1.82, 2.24) is 4.90 Å². The fourth-order valence-electron chi connectivity index (χ4n) is 7.30. The molecule has 3 aliphatic rings. The number of carbonyl (C=O) groups is 2. The number of ketones is 2. The van der Waals surface area contributed by atoms with E-state index in [1.807, 2.05) is 46.9 Å². The van der Waals surface area contributed by atoms with Gasteiger partial charge in [0.25, 0.3) is 5.69 Å². The number of methoxy groups -OCH3 is 1. The van der Waals surface area contributed by atoms with Gasteiger partial charge in [-0.05, 0) is 75.6 Å². The molecule has 1 heterocycles. The van der Waals surface area contributed by atoms with E-state index in [2.05, 4.69) is 44.7 Å². The van der Waals surface area contributed by atoms with Crippen molar-refractivity contribution in [2.45, 2.75) is 65.8 Å². The third kappa shape index (κ3) is 6.57. The highest BCUT2D eigenvalue weighted by molar-refractivity contribution is 14.1. The molecule has 11 nitrogen and oxygen atoms in total. The number of non-ortho nitro benzene ring substituents is 1. The maximum absolute atomic E-state index is 14.3. The highest BCUT2D eigenvalue weighted by Gasteiger charge is 2.49. The molecule has 1 aliphatic heterocycles. The topological polar surface area (TPSA) is 142 Å². The molecule has 0 unspecified atom stereocenters. The average Bonchev–Trinajstić information content (AvgIpc) is 3.01. The molecule has 0 saturated carbocycles. The van der Waals surface area contributed by atoms with Crippen LogP contribution in [0.25, 0.3) is 0 Å². The Bertz CT molecular complexity index is 1930. The van der Waals surface area contributed by atoms with Crippen molar-refractivity contribution in [3.05, 3.63) is 118 Å². The number of benzene rings is 3. The lowest BCUT2D eigenvalue weighted by molar-refractivity contribution is -0.394. The summed E-state index contributed by atoms with van der Waals surface area (Å²) in [6.07, 6.45) is 1.98. The molecule has 2 aliphatic carbocycles. The molecule has 0 atom stereocenters. The van der Waals surface area contributed by atoms with Gasteiger partial charge >= 0.3 is 5.69 Å². The Labute approximate surface area is 297 Å². The molecule has 0 aromatic heterocycles. The molecule has 3 aromatic carbocycles. The second-order valence-corrected chi connectivity index (χ2v) is 15.6. The van der Waals surface area contributed by atoms with Crippen LogP contribution in [0.1, 0.15) is 70.4 Å². The Hall–Kier alpha value is -4.59. The largest absolute Gasteiger partial charge is 0.493 e. The minimum atomic E-state index is -0.742. The molecule has 254 valence electrons. The van der Waals surface area contributed by atoms with Gasteiger partial charge in [0.1, 0.15) is 0 Å². The van der Waals surface area contributed by atoms with Gasteiger partial charge in [0.15, 0.2) is 23.1 Å². The van der Waals surface area contributed by atoms with E-state index < -0.39 is 27.1 Å². The maximum atomic E-state index is 14.3. The molecule has 0 N–H and O–H groups in total. The highest BCUT2D eigenvalue weighted by atomic mass is 127. The molecule has 0 bridgehead atoms. The minimum Gasteiger partial charge on any atom is -0.493 e. The van der Waals surface area contributed by atoms with E-state index in [0.717, 1.165) is 29.1 Å². The first-order chi connectivity index (χ1) is 23.1. The lowest BCUT2D eigenvalue weighted by atomic mass is 9.63. The lowest BCUT2D eigenvalue weighted by Gasteiger charge is -2.49. The van der Waals surface area contributed by atoms with Crippen LogP contribution in [0.5, 0.6) is 17.2 Å². The number of halogens is 1. The minimum absolute atomic E-state index is 0.00528. The molecule has 6 rings (SSSR count). The van der Waals surface area contributed by atoms with Gasteiger partial charge in [-0.2, -0.15) is 0 Å². The highest BCUT2D eigenvalue weighted by Crippen LogP contribution is 2.56. The van der Waals surface area contributed by atoms with Crippen molar-refractivity contribution in [1.29, 1.82) is 0 Å². The van der Waals surface area contributed by atoms with E-state index in [4.69, 9.17) is 9.47 Å². The Kier molecular flexibility index (Phi) is 8.88. The Morgan fingerprint density at radius 2 is 1.41 bits per heavy atom. The zero-order valence-corrected chi connectivity index (χ0v) is 30.0. The molecule has 0 saturated heterocycles. The predicted octanol–water partition coefficient (Wildman–Crippen LogP) is 8.79. The molecule has 49 heavy (non-hydrogen) atoms. The summed E-state index contributed by atoms with van der Waals surface area (Å²) in [5.41, 5.74) is 3.23. The molecule has 0 spiro atoms. The van der Waals surface area contributed by atoms with Gasteiger partial charge in [-0.15, -0.1) is 0 Å². The number of rotatable bonds is 8. The summed E-state index contributed by atoms with van der Waals surface area (Å²) >= 11 is 2.04. The van der Waals surface area contributed by atoms with Crippen LogP contribution >= 0.6 is 22.6 Å². The molecule has 0 amide bonds. The van der Waals surface area contributed by atoms with Gasteiger partial charge in [0, 0.05) is 53.9 Å². The zero-order valence-electron chi connectivity index (χ0n) is 27.9. The third-order valence-electron chi connectivity index (χ3n) is 9.35. The SMILES string of the molecule is COc1cc(C2C3=C(CC(C)(C)CC3=O)N(Cc3ccccc3)C3=C2C(=O)CC(C)(C)C3)cc(I)c1Oc1ccc([N+](=O)[O-])cc1[N+](=O)[O-]. The van der Waals surface area contributed by atoms with Crippen molar-refractivity contribution in [3.63, 3.8) is 0 Å². The van der Waals surface area contributed by atoms with E-state index in [1.165, 1.54) is 13.2 Å². The molecule has 0 radical (unpaired) electrons. The first kappa shape index (κ1) is 34.3. The summed E-state index contributed by atoms with van der Waals surface area (Å²) in [5.74, 6) is -0.449. The smallest absolute Gasteiger partial charge is 0.318 e. The van der Waals surface area contributed by atoms with Crippen LogP contribution in [0.2, 0.25) is 0 Å². The van der Waals surface area contributed by atoms with Gasteiger partial charge in [0.2, 0.25) is 5.75 Å². The van der Waals surface area contributed by atoms with Crippen LogP contribution in [0.15, 0.2) is 83.2 Å². The lowest BCUT2D eigenvalue weighted by Crippen LogP contribution is -2.44. The molecular formula is C37H36IN3O8. The van der Waals surface area contributed by atoms with Gasteiger partial charge in [0.05, 0.1) is 26.6 Å². The monoisotopic (exact) mass is 777 g/mol. The van der Waals surface area contributed by atoms with E-state index in [-0.39, 0.29) is 39.6 Å². The van der Waals surface area contributed by atoms with Crippen molar-refractivity contribution in [2.75, 3.05) is 7.11 Å².